The number of benzene rings is 1. The second kappa shape index (κ2) is 8.51. The molecule has 0 radical (unpaired) electrons. The van der Waals surface area contributed by atoms with Crippen LogP contribution in [-0.2, 0) is 22.4 Å². The maximum absolute atomic E-state index is 12.5. The van der Waals surface area contributed by atoms with E-state index in [2.05, 4.69) is 13.8 Å². The Balaban J connectivity index is 2.81. The third-order valence-electron chi connectivity index (χ3n) is 3.92. The molecular formula is C16H27NO3S. The van der Waals surface area contributed by atoms with Crippen molar-refractivity contribution in [3.05, 3.63) is 35.4 Å². The Hall–Kier alpha value is -0.910. The number of hydrogen-bond acceptors (Lipinski definition) is 3. The fourth-order valence-electron chi connectivity index (χ4n) is 2.32. The zero-order chi connectivity index (χ0) is 15.9. The summed E-state index contributed by atoms with van der Waals surface area (Å²) >= 11 is 0. The molecular weight excluding hydrogens is 286 g/mol. The first-order chi connectivity index (χ1) is 9.96. The van der Waals surface area contributed by atoms with Crippen LogP contribution >= 0.6 is 0 Å². The Morgan fingerprint density at radius 2 is 1.57 bits per heavy atom. The van der Waals surface area contributed by atoms with Gasteiger partial charge in [-0.25, -0.2) is 12.7 Å². The molecule has 0 fully saturated rings. The molecule has 21 heavy (non-hydrogen) atoms. The van der Waals surface area contributed by atoms with Gasteiger partial charge in [-0.05, 0) is 17.0 Å². The van der Waals surface area contributed by atoms with Crippen molar-refractivity contribution >= 4 is 10.0 Å². The Labute approximate surface area is 128 Å². The normalized spacial score (nSPS) is 12.3. The molecule has 120 valence electrons. The highest BCUT2D eigenvalue weighted by molar-refractivity contribution is 7.88. The molecule has 0 aliphatic heterocycles. The summed E-state index contributed by atoms with van der Waals surface area (Å²) in [5.41, 5.74) is 1.55. The van der Waals surface area contributed by atoms with Crippen LogP contribution in [-0.4, -0.2) is 30.9 Å². The molecule has 0 saturated heterocycles. The highest BCUT2D eigenvalue weighted by Crippen LogP contribution is 2.16. The van der Waals surface area contributed by atoms with E-state index in [9.17, 15) is 8.42 Å². The lowest BCUT2D eigenvalue weighted by Crippen LogP contribution is -2.35. The predicted molar refractivity (Wildman–Crippen MR) is 86.3 cm³/mol. The maximum atomic E-state index is 12.5. The molecule has 1 rings (SSSR count). The van der Waals surface area contributed by atoms with E-state index < -0.39 is 10.0 Å². The average molecular weight is 313 g/mol. The zero-order valence-electron chi connectivity index (χ0n) is 13.2. The fraction of sp³-hybridized carbons (Fsp3) is 0.625. The Morgan fingerprint density at radius 3 is 2.00 bits per heavy atom. The summed E-state index contributed by atoms with van der Waals surface area (Å²) in [5.74, 6) is 0.434. The van der Waals surface area contributed by atoms with Gasteiger partial charge in [0.1, 0.15) is 0 Å². The van der Waals surface area contributed by atoms with Gasteiger partial charge in [0.2, 0.25) is 10.0 Å². The monoisotopic (exact) mass is 313 g/mol. The summed E-state index contributed by atoms with van der Waals surface area (Å²) in [4.78, 5) is 0. The van der Waals surface area contributed by atoms with Crippen LogP contribution < -0.4 is 0 Å². The SMILES string of the molecule is CCC(CC)CN(CC)S(=O)(=O)Cc1ccc(CO)cc1. The second-order valence-electron chi connectivity index (χ2n) is 5.36. The molecule has 1 aromatic rings. The third-order valence-corrected chi connectivity index (χ3v) is 5.81. The van der Waals surface area contributed by atoms with Crippen molar-refractivity contribution < 1.29 is 13.5 Å². The van der Waals surface area contributed by atoms with Crippen LogP contribution in [0, 0.1) is 5.92 Å². The highest BCUT2D eigenvalue weighted by Gasteiger charge is 2.23. The topological polar surface area (TPSA) is 57.6 Å². The molecule has 0 aromatic heterocycles. The molecule has 0 bridgehead atoms. The quantitative estimate of drug-likeness (QED) is 0.762. The summed E-state index contributed by atoms with van der Waals surface area (Å²) in [6.45, 7) is 7.16. The Kier molecular flexibility index (Phi) is 7.35. The standard InChI is InChI=1S/C16H27NO3S/c1-4-14(5-2)11-17(6-3)21(19,20)13-16-9-7-15(12-18)8-10-16/h7-10,14,18H,4-6,11-13H2,1-3H3. The van der Waals surface area contributed by atoms with E-state index in [0.717, 1.165) is 24.0 Å². The smallest absolute Gasteiger partial charge is 0.218 e. The molecule has 0 amide bonds. The van der Waals surface area contributed by atoms with Crippen molar-refractivity contribution in [2.24, 2.45) is 5.92 Å². The number of nitrogens with zero attached hydrogens (tertiary/aromatic N) is 1. The lowest BCUT2D eigenvalue weighted by molar-refractivity contribution is 0.282. The zero-order valence-corrected chi connectivity index (χ0v) is 14.1. The van der Waals surface area contributed by atoms with Gasteiger partial charge < -0.3 is 5.11 Å². The van der Waals surface area contributed by atoms with Crippen LogP contribution in [0.1, 0.15) is 44.7 Å². The largest absolute Gasteiger partial charge is 0.392 e. The first kappa shape index (κ1) is 18.1. The van der Waals surface area contributed by atoms with Crippen molar-refractivity contribution in [1.82, 2.24) is 4.31 Å². The number of aliphatic hydroxyl groups excluding tert-OH is 1. The third kappa shape index (κ3) is 5.41. The van der Waals surface area contributed by atoms with E-state index in [-0.39, 0.29) is 12.4 Å². The first-order valence-electron chi connectivity index (χ1n) is 7.63. The van der Waals surface area contributed by atoms with E-state index in [4.69, 9.17) is 5.11 Å². The van der Waals surface area contributed by atoms with Gasteiger partial charge in [-0.15, -0.1) is 0 Å². The van der Waals surface area contributed by atoms with Crippen LogP contribution in [0.5, 0.6) is 0 Å². The van der Waals surface area contributed by atoms with E-state index in [1.165, 1.54) is 0 Å². The molecule has 0 atom stereocenters. The molecule has 0 aliphatic rings. The molecule has 0 spiro atoms. The van der Waals surface area contributed by atoms with Gasteiger partial charge in [0, 0.05) is 13.1 Å². The average Bonchev–Trinajstić information content (AvgIpc) is 2.48. The predicted octanol–water partition coefficient (Wildman–Crippen LogP) is 2.77. The van der Waals surface area contributed by atoms with Crippen molar-refractivity contribution in [1.29, 1.82) is 0 Å². The molecule has 0 heterocycles. The van der Waals surface area contributed by atoms with Crippen LogP contribution in [0.3, 0.4) is 0 Å². The van der Waals surface area contributed by atoms with Gasteiger partial charge >= 0.3 is 0 Å². The van der Waals surface area contributed by atoms with Crippen molar-refractivity contribution in [3.63, 3.8) is 0 Å². The van der Waals surface area contributed by atoms with Gasteiger partial charge in [-0.1, -0.05) is 57.9 Å². The lowest BCUT2D eigenvalue weighted by atomic mass is 10.0. The lowest BCUT2D eigenvalue weighted by Gasteiger charge is -2.24. The summed E-state index contributed by atoms with van der Waals surface area (Å²) in [6, 6.07) is 7.08. The molecule has 4 nitrogen and oxygen atoms in total. The molecule has 0 unspecified atom stereocenters. The van der Waals surface area contributed by atoms with E-state index in [1.54, 1.807) is 28.6 Å². The molecule has 0 aliphatic carbocycles. The minimum absolute atomic E-state index is 0.0205. The highest BCUT2D eigenvalue weighted by atomic mass is 32.2. The first-order valence-corrected chi connectivity index (χ1v) is 9.24. The van der Waals surface area contributed by atoms with Gasteiger partial charge in [-0.3, -0.25) is 0 Å². The number of aliphatic hydroxyl groups is 1. The van der Waals surface area contributed by atoms with E-state index in [1.807, 2.05) is 6.92 Å². The van der Waals surface area contributed by atoms with Crippen molar-refractivity contribution in [3.8, 4) is 0 Å². The van der Waals surface area contributed by atoms with Crippen LogP contribution in [0.25, 0.3) is 0 Å². The van der Waals surface area contributed by atoms with Crippen LogP contribution in [0.15, 0.2) is 24.3 Å². The minimum Gasteiger partial charge on any atom is -0.392 e. The number of hydrogen-bond donors (Lipinski definition) is 1. The van der Waals surface area contributed by atoms with Gasteiger partial charge in [0.15, 0.2) is 0 Å². The van der Waals surface area contributed by atoms with Crippen LogP contribution in [0.4, 0.5) is 0 Å². The number of rotatable bonds is 9. The van der Waals surface area contributed by atoms with Gasteiger partial charge in [-0.2, -0.15) is 0 Å². The van der Waals surface area contributed by atoms with Crippen molar-refractivity contribution in [2.75, 3.05) is 13.1 Å². The maximum Gasteiger partial charge on any atom is 0.218 e. The Morgan fingerprint density at radius 1 is 1.05 bits per heavy atom. The van der Waals surface area contributed by atoms with E-state index in [0.29, 0.717) is 19.0 Å². The number of sulfonamides is 1. The molecule has 0 saturated carbocycles. The second-order valence-corrected chi connectivity index (χ2v) is 7.33. The van der Waals surface area contributed by atoms with E-state index >= 15 is 0 Å². The van der Waals surface area contributed by atoms with Gasteiger partial charge in [0.25, 0.3) is 0 Å². The fourth-order valence-corrected chi connectivity index (χ4v) is 3.94. The minimum atomic E-state index is -3.29. The summed E-state index contributed by atoms with van der Waals surface area (Å²) in [6.07, 6.45) is 1.99. The summed E-state index contributed by atoms with van der Waals surface area (Å²) in [7, 11) is -3.29. The van der Waals surface area contributed by atoms with Crippen molar-refractivity contribution in [2.45, 2.75) is 46.0 Å². The summed E-state index contributed by atoms with van der Waals surface area (Å²) in [5, 5.41) is 9.01. The molecule has 1 N–H and O–H groups in total. The summed E-state index contributed by atoms with van der Waals surface area (Å²) < 4.78 is 26.6. The van der Waals surface area contributed by atoms with Crippen LogP contribution in [0.2, 0.25) is 0 Å². The Bertz CT molecular complexity index is 507. The molecule has 1 aromatic carbocycles. The van der Waals surface area contributed by atoms with Gasteiger partial charge in [0.05, 0.1) is 12.4 Å². The molecule has 5 heteroatoms.